The smallest absolute Gasteiger partial charge is 0.322 e. The Morgan fingerprint density at radius 1 is 1.04 bits per heavy atom. The fraction of sp³-hybridized carbons (Fsp3) is 0.219. The number of rotatable bonds is 4. The number of anilines is 1. The summed E-state index contributed by atoms with van der Waals surface area (Å²) in [6.45, 7) is 1.07. The summed E-state index contributed by atoms with van der Waals surface area (Å²) in [4.78, 5) is 60.9. The summed E-state index contributed by atoms with van der Waals surface area (Å²) >= 11 is 6.52. The normalized spacial score (nSPS) is 23.4. The molecule has 1 aromatic heterocycles. The average Bonchev–Trinajstić information content (AvgIpc) is 3.58. The first kappa shape index (κ1) is 28.2. The van der Waals surface area contributed by atoms with Crippen molar-refractivity contribution in [2.75, 3.05) is 18.0 Å². The van der Waals surface area contributed by atoms with E-state index >= 15 is 0 Å². The number of fused-ring (bicyclic) bond motifs is 8. The number of nitriles is 2. The molecule has 4 aromatic rings. The zero-order chi connectivity index (χ0) is 31.9. The van der Waals surface area contributed by atoms with Crippen LogP contribution in [0.4, 0.5) is 5.69 Å². The van der Waals surface area contributed by atoms with Crippen LogP contribution in [0.1, 0.15) is 23.9 Å². The van der Waals surface area contributed by atoms with Crippen molar-refractivity contribution in [1.82, 2.24) is 20.2 Å². The predicted octanol–water partition coefficient (Wildman–Crippen LogP) is 2.11. The molecular formula is C32H22ClN7O5. The van der Waals surface area contributed by atoms with E-state index in [2.05, 4.69) is 22.8 Å². The number of hydrogen-bond acceptors (Lipinski definition) is 8. The van der Waals surface area contributed by atoms with Crippen molar-refractivity contribution in [2.24, 2.45) is 5.41 Å². The molecule has 4 heterocycles. The Kier molecular flexibility index (Phi) is 5.94. The maximum atomic E-state index is 14.9. The van der Waals surface area contributed by atoms with Crippen molar-refractivity contribution >= 4 is 46.0 Å². The molecule has 3 N–H and O–H groups in total. The van der Waals surface area contributed by atoms with Crippen molar-refractivity contribution < 1.29 is 19.5 Å². The molecule has 3 aliphatic rings. The predicted molar refractivity (Wildman–Crippen MR) is 161 cm³/mol. The number of nitrogens with zero attached hydrogens (tertiary/aromatic N) is 5. The lowest BCUT2D eigenvalue weighted by Crippen LogP contribution is -2.61. The lowest BCUT2D eigenvalue weighted by Gasteiger charge is -2.40. The number of carboxylic acid groups (broad SMARTS) is 1. The number of likely N-dealkylation sites (N-methyl/N-ethyl adjacent to an activating group) is 1. The van der Waals surface area contributed by atoms with E-state index in [4.69, 9.17) is 16.6 Å². The summed E-state index contributed by atoms with van der Waals surface area (Å²) < 4.78 is 1.28. The molecule has 0 bridgehead atoms. The minimum Gasteiger partial charge on any atom is -0.480 e. The van der Waals surface area contributed by atoms with Crippen molar-refractivity contribution in [3.05, 3.63) is 99.1 Å². The van der Waals surface area contributed by atoms with Gasteiger partial charge in [0.1, 0.15) is 29.4 Å². The van der Waals surface area contributed by atoms with Gasteiger partial charge in [0.2, 0.25) is 11.8 Å². The third-order valence-electron chi connectivity index (χ3n) is 9.19. The Morgan fingerprint density at radius 3 is 2.47 bits per heavy atom. The highest BCUT2D eigenvalue weighted by atomic mass is 35.5. The molecule has 0 aliphatic carbocycles. The Labute approximate surface area is 260 Å². The third-order valence-corrected chi connectivity index (χ3v) is 9.43. The summed E-state index contributed by atoms with van der Waals surface area (Å²) in [6, 6.07) is 20.4. The van der Waals surface area contributed by atoms with Gasteiger partial charge in [-0.2, -0.15) is 10.5 Å². The molecule has 222 valence electrons. The maximum absolute atomic E-state index is 14.9. The summed E-state index contributed by atoms with van der Waals surface area (Å²) in [5.74, 6) is -3.07. The monoisotopic (exact) mass is 619 g/mol. The van der Waals surface area contributed by atoms with Gasteiger partial charge < -0.3 is 15.3 Å². The number of nitrogens with one attached hydrogen (secondary N) is 2. The van der Waals surface area contributed by atoms with E-state index < -0.39 is 52.3 Å². The summed E-state index contributed by atoms with van der Waals surface area (Å²) in [6.07, 6.45) is 0. The van der Waals surface area contributed by atoms with Crippen LogP contribution in [-0.4, -0.2) is 51.6 Å². The number of amides is 2. The molecule has 2 unspecified atom stereocenters. The summed E-state index contributed by atoms with van der Waals surface area (Å²) in [7, 11) is 0. The molecule has 2 amide bonds. The van der Waals surface area contributed by atoms with Gasteiger partial charge in [-0.3, -0.25) is 29.1 Å². The number of para-hydroxylation sites is 2. The molecule has 0 radical (unpaired) electrons. The maximum Gasteiger partial charge on any atom is 0.322 e. The van der Waals surface area contributed by atoms with E-state index in [-0.39, 0.29) is 45.1 Å². The van der Waals surface area contributed by atoms with Crippen LogP contribution in [0, 0.1) is 28.1 Å². The zero-order valence-electron chi connectivity index (χ0n) is 23.5. The Balaban J connectivity index is 1.68. The van der Waals surface area contributed by atoms with Crippen LogP contribution >= 0.6 is 11.6 Å². The number of aromatic nitrogens is 2. The number of aliphatic carboxylic acids is 1. The fourth-order valence-corrected chi connectivity index (χ4v) is 7.69. The van der Waals surface area contributed by atoms with E-state index in [1.165, 1.54) is 15.5 Å². The number of halogens is 1. The highest BCUT2D eigenvalue weighted by Gasteiger charge is 2.84. The van der Waals surface area contributed by atoms with E-state index in [9.17, 15) is 34.8 Å². The van der Waals surface area contributed by atoms with E-state index in [1.807, 2.05) is 0 Å². The van der Waals surface area contributed by atoms with Crippen LogP contribution < -0.4 is 21.1 Å². The highest BCUT2D eigenvalue weighted by Crippen LogP contribution is 2.67. The summed E-state index contributed by atoms with van der Waals surface area (Å²) in [5.41, 5.74) is -5.97. The number of carboxylic acids is 1. The molecule has 1 saturated heterocycles. The van der Waals surface area contributed by atoms with Gasteiger partial charge in [0, 0.05) is 22.8 Å². The number of carbonyl (C=O) groups excluding carboxylic acids is 2. The standard InChI is InChI=1S/C32H22ClN7O5/c1-2-39-22-10-6-4-8-19(22)31(29(39)45)25(26(43)36-14-24(41)42)38-32(30(31,15-34)16-35)20-13-17(33)11-12-23(20)40-27(44)18-7-3-5-9-21(18)37-28(32)40/h3-13,25,38H,2,14H2,1H3,(H,36,43)(H,41,42)/t25?,31-,32?/m0/s1. The number of carbonyl (C=O) groups is 3. The molecule has 3 atom stereocenters. The van der Waals surface area contributed by atoms with Gasteiger partial charge in [-0.1, -0.05) is 41.9 Å². The average molecular weight is 620 g/mol. The lowest BCUT2D eigenvalue weighted by molar-refractivity contribution is -0.138. The van der Waals surface area contributed by atoms with Crippen molar-refractivity contribution in [3.63, 3.8) is 0 Å². The van der Waals surface area contributed by atoms with Gasteiger partial charge in [0.25, 0.3) is 5.56 Å². The van der Waals surface area contributed by atoms with Crippen molar-refractivity contribution in [1.29, 1.82) is 10.5 Å². The largest absolute Gasteiger partial charge is 0.480 e. The van der Waals surface area contributed by atoms with Crippen LogP contribution in [0.3, 0.4) is 0 Å². The number of hydrogen-bond donors (Lipinski definition) is 3. The molecule has 3 aromatic carbocycles. The lowest BCUT2D eigenvalue weighted by atomic mass is 9.53. The Bertz CT molecular complexity index is 2150. The van der Waals surface area contributed by atoms with Gasteiger partial charge in [-0.25, -0.2) is 4.98 Å². The highest BCUT2D eigenvalue weighted by molar-refractivity contribution is 6.30. The second-order valence-corrected chi connectivity index (χ2v) is 11.5. The molecule has 13 heteroatoms. The van der Waals surface area contributed by atoms with Crippen molar-refractivity contribution in [3.8, 4) is 17.8 Å². The first-order valence-electron chi connectivity index (χ1n) is 14.0. The van der Waals surface area contributed by atoms with Gasteiger partial charge in [-0.05, 0) is 48.9 Å². The minimum absolute atomic E-state index is 0.0836. The first-order chi connectivity index (χ1) is 21.6. The van der Waals surface area contributed by atoms with Gasteiger partial charge in [0.05, 0.1) is 28.7 Å². The number of benzene rings is 3. The van der Waals surface area contributed by atoms with Crippen LogP contribution in [0.5, 0.6) is 0 Å². The van der Waals surface area contributed by atoms with E-state index in [0.717, 1.165) is 0 Å². The fourth-order valence-electron chi connectivity index (χ4n) is 7.52. The quantitative estimate of drug-likeness (QED) is 0.308. The molecule has 7 rings (SSSR count). The Hall–Kier alpha value is -5.56. The molecule has 1 fully saturated rings. The van der Waals surface area contributed by atoms with Crippen LogP contribution in [0.15, 0.2) is 71.5 Å². The van der Waals surface area contributed by atoms with Gasteiger partial charge in [-0.15, -0.1) is 0 Å². The topological polar surface area (TPSA) is 181 Å². The molecule has 3 aliphatic heterocycles. The van der Waals surface area contributed by atoms with Crippen LogP contribution in [-0.2, 0) is 25.3 Å². The molecule has 12 nitrogen and oxygen atoms in total. The van der Waals surface area contributed by atoms with E-state index in [1.54, 1.807) is 67.6 Å². The first-order valence-corrected chi connectivity index (χ1v) is 14.4. The van der Waals surface area contributed by atoms with Crippen LogP contribution in [0.25, 0.3) is 16.6 Å². The minimum atomic E-state index is -2.48. The third kappa shape index (κ3) is 3.14. The zero-order valence-corrected chi connectivity index (χ0v) is 24.3. The van der Waals surface area contributed by atoms with Crippen LogP contribution in [0.2, 0.25) is 5.02 Å². The molecule has 2 spiro atoms. The molecule has 0 saturated carbocycles. The summed E-state index contributed by atoms with van der Waals surface area (Å²) in [5, 5.41) is 38.1. The second kappa shape index (κ2) is 9.47. The van der Waals surface area contributed by atoms with Gasteiger partial charge in [0.15, 0.2) is 5.41 Å². The van der Waals surface area contributed by atoms with Gasteiger partial charge >= 0.3 is 5.97 Å². The second-order valence-electron chi connectivity index (χ2n) is 11.0. The molecule has 45 heavy (non-hydrogen) atoms. The van der Waals surface area contributed by atoms with E-state index in [0.29, 0.717) is 5.69 Å². The molecular weight excluding hydrogens is 598 g/mol. The van der Waals surface area contributed by atoms with Crippen molar-refractivity contribution in [2.45, 2.75) is 23.9 Å². The Morgan fingerprint density at radius 2 is 1.76 bits per heavy atom. The SMILES string of the molecule is CCN1C(=O)[C@]2(c3ccccc31)C(C(=O)NCC(=O)O)NC1(c3cc(Cl)ccc3-n3c1nc1ccccc1c3=O)C2(C#N)C#N.